The van der Waals surface area contributed by atoms with E-state index in [9.17, 15) is 9.90 Å². The van der Waals surface area contributed by atoms with E-state index < -0.39 is 11.2 Å². The molecule has 1 atom stereocenters. The second-order valence-corrected chi connectivity index (χ2v) is 12.4. The van der Waals surface area contributed by atoms with Crippen LogP contribution in [0.2, 0.25) is 10.0 Å². The van der Waals surface area contributed by atoms with Crippen molar-refractivity contribution in [3.05, 3.63) is 81.2 Å². The van der Waals surface area contributed by atoms with E-state index in [4.69, 9.17) is 23.2 Å². The number of hydrogen-bond acceptors (Lipinski definition) is 2. The van der Waals surface area contributed by atoms with Gasteiger partial charge in [-0.25, -0.2) is 4.39 Å². The molecule has 3 aromatic rings. The second kappa shape index (κ2) is 12.6. The summed E-state index contributed by atoms with van der Waals surface area (Å²) in [6, 6.07) is 10.3. The molecule has 2 N–H and O–H groups in total. The first-order valence-corrected chi connectivity index (χ1v) is 15.4. The summed E-state index contributed by atoms with van der Waals surface area (Å²) in [4.78, 5) is 13.8. The number of hydrogen-bond donors (Lipinski definition) is 2. The van der Waals surface area contributed by atoms with Crippen LogP contribution >= 0.6 is 23.2 Å². The van der Waals surface area contributed by atoms with Gasteiger partial charge in [0.25, 0.3) is 0 Å². The second-order valence-electron chi connectivity index (χ2n) is 11.6. The fraction of sp³-hybridized carbons (Fsp3) is 0.400. The van der Waals surface area contributed by atoms with Crippen molar-refractivity contribution in [2.45, 2.75) is 79.6 Å². The van der Waals surface area contributed by atoms with Crippen molar-refractivity contribution in [3.8, 4) is 16.9 Å². The quantitative estimate of drug-likeness (QED) is 0.231. The zero-order valence-electron chi connectivity index (χ0n) is 24.7. The molecule has 1 aliphatic heterocycles. The largest absolute Gasteiger partial charge is 0.508 e. The summed E-state index contributed by atoms with van der Waals surface area (Å²) in [6.45, 7) is 14.7. The fourth-order valence-corrected chi connectivity index (χ4v) is 6.66. The summed E-state index contributed by atoms with van der Waals surface area (Å²) < 4.78 is 17.0. The SMILES string of the molecule is C=C(CC)C1=C(c2cc(Cl)c(-c3cc(O)cc4ccc(Cl)cc34)c(F)c2CCC)C(CC)(CCCC(C)C)C(=O)N1. The van der Waals surface area contributed by atoms with Crippen molar-refractivity contribution < 1.29 is 14.3 Å². The molecule has 1 heterocycles. The molecule has 1 aliphatic rings. The summed E-state index contributed by atoms with van der Waals surface area (Å²) in [5, 5.41) is 15.8. The molecule has 1 amide bonds. The number of amides is 1. The minimum atomic E-state index is -0.812. The van der Waals surface area contributed by atoms with Gasteiger partial charge in [-0.15, -0.1) is 0 Å². The van der Waals surface area contributed by atoms with Crippen LogP contribution < -0.4 is 5.32 Å². The normalized spacial score (nSPS) is 17.1. The standard InChI is InChI=1S/C35H40Cl2FNO2/c1-7-11-25-28(31-33(21(6)8-2)39-34(41)35(31,9-3)15-10-12-20(4)5)19-29(37)30(32(25)38)27-18-24(40)16-22-13-14-23(36)17-26(22)27/h13-14,16-20,40H,6-12,15H2,1-5H3,(H,39,41). The highest BCUT2D eigenvalue weighted by Gasteiger charge is 2.48. The third-order valence-corrected chi connectivity index (χ3v) is 8.96. The first kappa shape index (κ1) is 31.1. The van der Waals surface area contributed by atoms with Crippen molar-refractivity contribution in [2.75, 3.05) is 0 Å². The molecule has 0 fully saturated rings. The van der Waals surface area contributed by atoms with E-state index in [0.29, 0.717) is 70.8 Å². The molecule has 0 saturated heterocycles. The van der Waals surface area contributed by atoms with Crippen molar-refractivity contribution >= 4 is 45.5 Å². The Balaban J connectivity index is 2.04. The molecule has 41 heavy (non-hydrogen) atoms. The van der Waals surface area contributed by atoms with Gasteiger partial charge in [0.15, 0.2) is 0 Å². The maximum Gasteiger partial charge on any atom is 0.235 e. The summed E-state index contributed by atoms with van der Waals surface area (Å²) in [5.41, 5.74) is 3.37. The smallest absolute Gasteiger partial charge is 0.235 e. The highest BCUT2D eigenvalue weighted by molar-refractivity contribution is 6.34. The Labute approximate surface area is 253 Å². The predicted molar refractivity (Wildman–Crippen MR) is 171 cm³/mol. The molecule has 0 aromatic heterocycles. The maximum atomic E-state index is 17.0. The molecular formula is C35H40Cl2FNO2. The Bertz CT molecular complexity index is 1540. The number of fused-ring (bicyclic) bond motifs is 1. The van der Waals surface area contributed by atoms with Gasteiger partial charge in [-0.3, -0.25) is 4.79 Å². The molecule has 3 nitrogen and oxygen atoms in total. The Morgan fingerprint density at radius 1 is 1.10 bits per heavy atom. The monoisotopic (exact) mass is 595 g/mol. The van der Waals surface area contributed by atoms with Crippen LogP contribution in [0.15, 0.2) is 54.2 Å². The average Bonchev–Trinajstić information content (AvgIpc) is 3.21. The van der Waals surface area contributed by atoms with E-state index in [1.807, 2.05) is 26.8 Å². The van der Waals surface area contributed by atoms with Crippen LogP contribution in [0.5, 0.6) is 5.75 Å². The van der Waals surface area contributed by atoms with E-state index in [0.717, 1.165) is 29.4 Å². The summed E-state index contributed by atoms with van der Waals surface area (Å²) in [7, 11) is 0. The van der Waals surface area contributed by atoms with E-state index in [-0.39, 0.29) is 22.2 Å². The van der Waals surface area contributed by atoms with Gasteiger partial charge >= 0.3 is 0 Å². The number of halogens is 3. The number of carbonyl (C=O) groups is 1. The Kier molecular flexibility index (Phi) is 9.56. The number of nitrogens with one attached hydrogen (secondary N) is 1. The summed E-state index contributed by atoms with van der Waals surface area (Å²) >= 11 is 13.3. The lowest BCUT2D eigenvalue weighted by molar-refractivity contribution is -0.126. The number of aromatic hydroxyl groups is 1. The summed E-state index contributed by atoms with van der Waals surface area (Å²) in [6.07, 6.45) is 4.91. The third-order valence-electron chi connectivity index (χ3n) is 8.43. The van der Waals surface area contributed by atoms with E-state index in [1.54, 1.807) is 24.3 Å². The van der Waals surface area contributed by atoms with Crippen LogP contribution in [0.1, 0.15) is 84.3 Å². The Morgan fingerprint density at radius 2 is 1.83 bits per heavy atom. The third kappa shape index (κ3) is 5.79. The molecule has 0 radical (unpaired) electrons. The molecule has 3 aromatic carbocycles. The van der Waals surface area contributed by atoms with E-state index in [2.05, 4.69) is 25.7 Å². The van der Waals surface area contributed by atoms with Crippen LogP contribution in [0.25, 0.3) is 27.5 Å². The topological polar surface area (TPSA) is 49.3 Å². The van der Waals surface area contributed by atoms with Crippen molar-refractivity contribution in [1.82, 2.24) is 5.32 Å². The lowest BCUT2D eigenvalue weighted by Crippen LogP contribution is -2.34. The molecular weight excluding hydrogens is 556 g/mol. The van der Waals surface area contributed by atoms with Crippen molar-refractivity contribution in [2.24, 2.45) is 11.3 Å². The minimum absolute atomic E-state index is 0.0105. The average molecular weight is 597 g/mol. The Hall–Kier alpha value is -2.82. The lowest BCUT2D eigenvalue weighted by Gasteiger charge is -2.31. The van der Waals surface area contributed by atoms with Gasteiger partial charge in [-0.1, -0.05) is 89.7 Å². The van der Waals surface area contributed by atoms with Crippen LogP contribution in [0.3, 0.4) is 0 Å². The lowest BCUT2D eigenvalue weighted by atomic mass is 9.70. The van der Waals surface area contributed by atoms with Crippen molar-refractivity contribution in [3.63, 3.8) is 0 Å². The molecule has 1 unspecified atom stereocenters. The molecule has 0 aliphatic carbocycles. The van der Waals surface area contributed by atoms with Crippen LogP contribution in [-0.2, 0) is 11.2 Å². The van der Waals surface area contributed by atoms with Gasteiger partial charge in [0.1, 0.15) is 11.6 Å². The number of benzene rings is 3. The van der Waals surface area contributed by atoms with Gasteiger partial charge in [0, 0.05) is 16.3 Å². The summed E-state index contributed by atoms with van der Waals surface area (Å²) in [5.74, 6) is 0.0245. The zero-order chi connectivity index (χ0) is 30.1. The maximum absolute atomic E-state index is 17.0. The molecule has 0 bridgehead atoms. The molecule has 0 saturated carbocycles. The van der Waals surface area contributed by atoms with Gasteiger partial charge in [-0.05, 0) is 101 Å². The molecule has 6 heteroatoms. The number of rotatable bonds is 11. The van der Waals surface area contributed by atoms with E-state index >= 15 is 4.39 Å². The number of carbonyl (C=O) groups excluding carboxylic acids is 1. The number of phenols is 1. The van der Waals surface area contributed by atoms with Gasteiger partial charge in [0.2, 0.25) is 5.91 Å². The fourth-order valence-electron chi connectivity index (χ4n) is 6.19. The predicted octanol–water partition coefficient (Wildman–Crippen LogP) is 10.6. The Morgan fingerprint density at radius 3 is 2.46 bits per heavy atom. The van der Waals surface area contributed by atoms with E-state index in [1.165, 1.54) is 6.07 Å². The first-order valence-electron chi connectivity index (χ1n) is 14.7. The number of allylic oxidation sites excluding steroid dienone is 1. The first-order chi connectivity index (χ1) is 19.5. The van der Waals surface area contributed by atoms with Gasteiger partial charge < -0.3 is 10.4 Å². The molecule has 218 valence electrons. The highest BCUT2D eigenvalue weighted by Crippen LogP contribution is 2.52. The zero-order valence-corrected chi connectivity index (χ0v) is 26.2. The van der Waals surface area contributed by atoms with Crippen molar-refractivity contribution in [1.29, 1.82) is 0 Å². The molecule has 4 rings (SSSR count). The highest BCUT2D eigenvalue weighted by atomic mass is 35.5. The van der Waals surface area contributed by atoms with Crippen LogP contribution in [0, 0.1) is 17.2 Å². The van der Waals surface area contributed by atoms with Crippen LogP contribution in [0.4, 0.5) is 4.39 Å². The molecule has 0 spiro atoms. The van der Waals surface area contributed by atoms with Gasteiger partial charge in [0.05, 0.1) is 10.4 Å². The van der Waals surface area contributed by atoms with Gasteiger partial charge in [-0.2, -0.15) is 0 Å². The minimum Gasteiger partial charge on any atom is -0.508 e. The van der Waals surface area contributed by atoms with Crippen LogP contribution in [-0.4, -0.2) is 11.0 Å². The number of phenolic OH excluding ortho intramolecular Hbond substituents is 1.